The average molecular weight is 259 g/mol. The third kappa shape index (κ3) is 11.4. The van der Waals surface area contributed by atoms with E-state index in [2.05, 4.69) is 10.1 Å². The SMILES string of the molecule is CCOCCCC(=O)NCCCCCC(=O)OC. The van der Waals surface area contributed by atoms with Crippen LogP contribution in [0.5, 0.6) is 0 Å². The number of carbonyl (C=O) groups excluding carboxylic acids is 2. The first-order chi connectivity index (χ1) is 8.70. The lowest BCUT2D eigenvalue weighted by molar-refractivity contribution is -0.140. The minimum Gasteiger partial charge on any atom is -0.469 e. The van der Waals surface area contributed by atoms with Gasteiger partial charge in [-0.3, -0.25) is 9.59 Å². The number of methoxy groups -OCH3 is 1. The molecule has 5 heteroatoms. The molecule has 0 heterocycles. The van der Waals surface area contributed by atoms with Crippen LogP contribution in [0, 0.1) is 0 Å². The quantitative estimate of drug-likeness (QED) is 0.452. The molecule has 0 radical (unpaired) electrons. The molecule has 0 unspecified atom stereocenters. The fourth-order valence-electron chi connectivity index (χ4n) is 1.47. The van der Waals surface area contributed by atoms with Gasteiger partial charge in [0.1, 0.15) is 0 Å². The Kier molecular flexibility index (Phi) is 11.6. The predicted molar refractivity (Wildman–Crippen MR) is 69.2 cm³/mol. The summed E-state index contributed by atoms with van der Waals surface area (Å²) in [4.78, 5) is 22.2. The Morgan fingerprint density at radius 1 is 1.06 bits per heavy atom. The molecule has 0 aromatic carbocycles. The maximum absolute atomic E-state index is 11.4. The molecular weight excluding hydrogens is 234 g/mol. The highest BCUT2D eigenvalue weighted by atomic mass is 16.5. The van der Waals surface area contributed by atoms with Gasteiger partial charge >= 0.3 is 5.97 Å². The summed E-state index contributed by atoms with van der Waals surface area (Å²) in [6.07, 6.45) is 4.37. The molecule has 0 atom stereocenters. The van der Waals surface area contributed by atoms with Gasteiger partial charge in [0.2, 0.25) is 5.91 Å². The van der Waals surface area contributed by atoms with E-state index < -0.39 is 0 Å². The minimum absolute atomic E-state index is 0.0719. The zero-order valence-electron chi connectivity index (χ0n) is 11.5. The molecule has 0 aliphatic carbocycles. The topological polar surface area (TPSA) is 64.6 Å². The van der Waals surface area contributed by atoms with Crippen molar-refractivity contribution in [3.8, 4) is 0 Å². The van der Waals surface area contributed by atoms with Crippen LogP contribution < -0.4 is 5.32 Å². The molecule has 0 fully saturated rings. The molecule has 0 aromatic rings. The summed E-state index contributed by atoms with van der Waals surface area (Å²) >= 11 is 0. The van der Waals surface area contributed by atoms with Crippen molar-refractivity contribution in [3.05, 3.63) is 0 Å². The van der Waals surface area contributed by atoms with Crippen molar-refractivity contribution < 1.29 is 19.1 Å². The predicted octanol–water partition coefficient (Wildman–Crippen LogP) is 1.65. The van der Waals surface area contributed by atoms with Crippen LogP contribution in [0.25, 0.3) is 0 Å². The number of hydrogen-bond donors (Lipinski definition) is 1. The van der Waals surface area contributed by atoms with Gasteiger partial charge in [0.05, 0.1) is 7.11 Å². The Morgan fingerprint density at radius 2 is 1.83 bits per heavy atom. The van der Waals surface area contributed by atoms with Gasteiger partial charge < -0.3 is 14.8 Å². The van der Waals surface area contributed by atoms with E-state index >= 15 is 0 Å². The zero-order chi connectivity index (χ0) is 13.6. The molecule has 106 valence electrons. The van der Waals surface area contributed by atoms with E-state index in [-0.39, 0.29) is 11.9 Å². The van der Waals surface area contributed by atoms with Crippen molar-refractivity contribution in [2.45, 2.75) is 45.4 Å². The van der Waals surface area contributed by atoms with Gasteiger partial charge in [-0.25, -0.2) is 0 Å². The van der Waals surface area contributed by atoms with Gasteiger partial charge in [-0.2, -0.15) is 0 Å². The molecule has 1 N–H and O–H groups in total. The van der Waals surface area contributed by atoms with Gasteiger partial charge in [0, 0.05) is 32.6 Å². The van der Waals surface area contributed by atoms with Crippen molar-refractivity contribution in [2.24, 2.45) is 0 Å². The van der Waals surface area contributed by atoms with Crippen LogP contribution in [0.15, 0.2) is 0 Å². The highest BCUT2D eigenvalue weighted by Gasteiger charge is 2.01. The maximum atomic E-state index is 11.4. The van der Waals surface area contributed by atoms with Crippen LogP contribution in [0.4, 0.5) is 0 Å². The Morgan fingerprint density at radius 3 is 2.50 bits per heavy atom. The first-order valence-electron chi connectivity index (χ1n) is 6.62. The first kappa shape index (κ1) is 16.9. The Bertz CT molecular complexity index is 231. The average Bonchev–Trinajstić information content (AvgIpc) is 2.38. The number of carbonyl (C=O) groups is 2. The summed E-state index contributed by atoms with van der Waals surface area (Å²) in [5, 5.41) is 2.85. The fraction of sp³-hybridized carbons (Fsp3) is 0.846. The largest absolute Gasteiger partial charge is 0.469 e. The summed E-state index contributed by atoms with van der Waals surface area (Å²) < 4.78 is 9.69. The fourth-order valence-corrected chi connectivity index (χ4v) is 1.47. The van der Waals surface area contributed by atoms with Crippen LogP contribution in [0.2, 0.25) is 0 Å². The molecule has 0 spiro atoms. The van der Waals surface area contributed by atoms with E-state index in [1.54, 1.807) is 0 Å². The van der Waals surface area contributed by atoms with Crippen LogP contribution >= 0.6 is 0 Å². The Balaban J connectivity index is 3.22. The highest BCUT2D eigenvalue weighted by Crippen LogP contribution is 2.00. The normalized spacial score (nSPS) is 10.1. The lowest BCUT2D eigenvalue weighted by Gasteiger charge is -2.05. The summed E-state index contributed by atoms with van der Waals surface area (Å²) in [7, 11) is 1.39. The number of unbranched alkanes of at least 4 members (excludes halogenated alkanes) is 2. The standard InChI is InChI=1S/C13H25NO4/c1-3-18-11-7-8-12(15)14-10-6-4-5-9-13(16)17-2/h3-11H2,1-2H3,(H,14,15). The third-order valence-electron chi connectivity index (χ3n) is 2.50. The van der Waals surface area contributed by atoms with Crippen LogP contribution in [0.1, 0.15) is 45.4 Å². The molecule has 0 saturated carbocycles. The maximum Gasteiger partial charge on any atom is 0.305 e. The molecule has 5 nitrogen and oxygen atoms in total. The van der Waals surface area contributed by atoms with E-state index in [9.17, 15) is 9.59 Å². The van der Waals surface area contributed by atoms with Gasteiger partial charge in [-0.1, -0.05) is 6.42 Å². The van der Waals surface area contributed by atoms with Crippen LogP contribution in [-0.4, -0.2) is 38.7 Å². The number of nitrogens with one attached hydrogen (secondary N) is 1. The summed E-state index contributed by atoms with van der Waals surface area (Å²) in [6, 6.07) is 0. The van der Waals surface area contributed by atoms with Crippen molar-refractivity contribution >= 4 is 11.9 Å². The van der Waals surface area contributed by atoms with E-state index in [1.807, 2.05) is 6.92 Å². The van der Waals surface area contributed by atoms with E-state index in [4.69, 9.17) is 4.74 Å². The molecule has 1 amide bonds. The highest BCUT2D eigenvalue weighted by molar-refractivity contribution is 5.75. The molecule has 0 aliphatic rings. The monoisotopic (exact) mass is 259 g/mol. The van der Waals surface area contributed by atoms with Gasteiger partial charge in [-0.15, -0.1) is 0 Å². The van der Waals surface area contributed by atoms with Crippen molar-refractivity contribution in [1.29, 1.82) is 0 Å². The third-order valence-corrected chi connectivity index (χ3v) is 2.50. The van der Waals surface area contributed by atoms with Crippen molar-refractivity contribution in [1.82, 2.24) is 5.32 Å². The second-order valence-electron chi connectivity index (χ2n) is 4.04. The second-order valence-corrected chi connectivity index (χ2v) is 4.04. The first-order valence-corrected chi connectivity index (χ1v) is 6.62. The molecule has 0 rings (SSSR count). The van der Waals surface area contributed by atoms with E-state index in [0.29, 0.717) is 32.6 Å². The molecule has 18 heavy (non-hydrogen) atoms. The Hall–Kier alpha value is -1.10. The smallest absolute Gasteiger partial charge is 0.305 e. The van der Waals surface area contributed by atoms with Gasteiger partial charge in [0.25, 0.3) is 0 Å². The summed E-state index contributed by atoms with van der Waals surface area (Å²) in [5.41, 5.74) is 0. The second kappa shape index (κ2) is 12.4. The van der Waals surface area contributed by atoms with E-state index in [0.717, 1.165) is 25.7 Å². The summed E-state index contributed by atoms with van der Waals surface area (Å²) in [6.45, 7) is 3.95. The molecule has 0 bridgehead atoms. The van der Waals surface area contributed by atoms with Crippen molar-refractivity contribution in [2.75, 3.05) is 26.9 Å². The van der Waals surface area contributed by atoms with Crippen LogP contribution in [0.3, 0.4) is 0 Å². The number of rotatable bonds is 11. The number of ether oxygens (including phenoxy) is 2. The number of amides is 1. The zero-order valence-corrected chi connectivity index (χ0v) is 11.5. The number of hydrogen-bond acceptors (Lipinski definition) is 4. The van der Waals surface area contributed by atoms with E-state index in [1.165, 1.54) is 7.11 Å². The van der Waals surface area contributed by atoms with Gasteiger partial charge in [-0.05, 0) is 26.2 Å². The Labute approximate surface area is 109 Å². The van der Waals surface area contributed by atoms with Crippen molar-refractivity contribution in [3.63, 3.8) is 0 Å². The van der Waals surface area contributed by atoms with Gasteiger partial charge in [0.15, 0.2) is 0 Å². The molecule has 0 aliphatic heterocycles. The minimum atomic E-state index is -0.171. The lowest BCUT2D eigenvalue weighted by atomic mass is 10.2. The molecule has 0 saturated heterocycles. The molecule has 0 aromatic heterocycles. The molecular formula is C13H25NO4. The number of esters is 1. The lowest BCUT2D eigenvalue weighted by Crippen LogP contribution is -2.24. The summed E-state index contributed by atoms with van der Waals surface area (Å²) in [5.74, 6) is -0.0994. The van der Waals surface area contributed by atoms with Crippen LogP contribution in [-0.2, 0) is 19.1 Å².